The van der Waals surface area contributed by atoms with E-state index in [0.717, 1.165) is 62.8 Å². The van der Waals surface area contributed by atoms with E-state index in [0.29, 0.717) is 5.92 Å². The molecule has 4 heterocycles. The van der Waals surface area contributed by atoms with E-state index in [1.54, 1.807) is 0 Å². The molecule has 2 aromatic heterocycles. The molecule has 0 bridgehead atoms. The van der Waals surface area contributed by atoms with Crippen molar-refractivity contribution in [2.75, 3.05) is 44.3 Å². The third-order valence-electron chi connectivity index (χ3n) is 6.61. The first kappa shape index (κ1) is 19.3. The number of fused-ring (bicyclic) bond motifs is 1. The number of ether oxygens (including phenoxy) is 1. The summed E-state index contributed by atoms with van der Waals surface area (Å²) in [7, 11) is 0. The highest BCUT2D eigenvalue weighted by Gasteiger charge is 2.24. The molecule has 3 atom stereocenters. The quantitative estimate of drug-likeness (QED) is 0.849. The zero-order valence-corrected chi connectivity index (χ0v) is 17.6. The second-order valence-electron chi connectivity index (χ2n) is 8.69. The Morgan fingerprint density at radius 3 is 2.93 bits per heavy atom. The minimum Gasteiger partial charge on any atom is -0.378 e. The van der Waals surface area contributed by atoms with E-state index in [4.69, 9.17) is 9.72 Å². The molecule has 0 amide bonds. The molecule has 2 saturated heterocycles. The molecule has 6 heteroatoms. The monoisotopic (exact) mass is 403 g/mol. The van der Waals surface area contributed by atoms with Crippen molar-refractivity contribution in [3.05, 3.63) is 42.1 Å². The number of nitrogens with one attached hydrogen (secondary N) is 1. The molecule has 3 aliphatic rings. The standard InChI is InChI=1S/C24H29N5O/c1-17-12-19(2-3-20(17)14-25)21-13-23-22(27-24(21)28-8-10-30-11-9-28)5-7-29(23)16-18-4-6-26-15-18/h2-3,5,7,12-13,17-18,20,26H,4,6,8-11,15-16H2,1H3/t17?,18-,20?/m1/s1. The van der Waals surface area contributed by atoms with Crippen LogP contribution in [0.2, 0.25) is 0 Å². The van der Waals surface area contributed by atoms with Gasteiger partial charge in [-0.2, -0.15) is 5.26 Å². The minimum absolute atomic E-state index is 0.0593. The lowest BCUT2D eigenvalue weighted by Gasteiger charge is -2.30. The summed E-state index contributed by atoms with van der Waals surface area (Å²) in [6.45, 7) is 8.52. The van der Waals surface area contributed by atoms with E-state index in [-0.39, 0.29) is 11.8 Å². The summed E-state index contributed by atoms with van der Waals surface area (Å²) in [6, 6.07) is 6.85. The van der Waals surface area contributed by atoms with Crippen LogP contribution in [-0.2, 0) is 11.3 Å². The number of hydrogen-bond donors (Lipinski definition) is 1. The predicted octanol–water partition coefficient (Wildman–Crippen LogP) is 3.21. The molecule has 0 radical (unpaired) electrons. The molecule has 1 aliphatic carbocycles. The van der Waals surface area contributed by atoms with E-state index in [1.807, 2.05) is 6.08 Å². The van der Waals surface area contributed by atoms with E-state index >= 15 is 0 Å². The molecule has 30 heavy (non-hydrogen) atoms. The number of nitriles is 1. The summed E-state index contributed by atoms with van der Waals surface area (Å²) >= 11 is 0. The van der Waals surface area contributed by atoms with Crippen LogP contribution in [0.3, 0.4) is 0 Å². The van der Waals surface area contributed by atoms with Crippen molar-refractivity contribution in [1.82, 2.24) is 14.9 Å². The van der Waals surface area contributed by atoms with Gasteiger partial charge in [0.25, 0.3) is 0 Å². The number of rotatable bonds is 4. The summed E-state index contributed by atoms with van der Waals surface area (Å²) in [4.78, 5) is 7.47. The first-order valence-corrected chi connectivity index (χ1v) is 11.1. The number of morpholine rings is 1. The molecule has 5 rings (SSSR count). The maximum Gasteiger partial charge on any atom is 0.137 e. The van der Waals surface area contributed by atoms with Gasteiger partial charge in [-0.3, -0.25) is 0 Å². The number of nitrogens with zero attached hydrogens (tertiary/aromatic N) is 4. The summed E-state index contributed by atoms with van der Waals surface area (Å²) in [6.07, 6.45) is 9.79. The van der Waals surface area contributed by atoms with Gasteiger partial charge in [0, 0.05) is 31.4 Å². The van der Waals surface area contributed by atoms with E-state index < -0.39 is 0 Å². The smallest absolute Gasteiger partial charge is 0.137 e. The summed E-state index contributed by atoms with van der Waals surface area (Å²) in [5.41, 5.74) is 4.57. The van der Waals surface area contributed by atoms with E-state index in [9.17, 15) is 5.26 Å². The SMILES string of the molecule is CC1C=C(c2cc3c(ccn3C[C@@H]3CCNC3)nc2N2CCOCC2)C=CC1C#N. The van der Waals surface area contributed by atoms with Crippen LogP contribution in [-0.4, -0.2) is 48.9 Å². The molecule has 6 nitrogen and oxygen atoms in total. The number of allylic oxidation sites excluding steroid dienone is 4. The summed E-state index contributed by atoms with van der Waals surface area (Å²) < 4.78 is 7.94. The predicted molar refractivity (Wildman–Crippen MR) is 119 cm³/mol. The number of aromatic nitrogens is 2. The Kier molecular flexibility index (Phi) is 5.32. The zero-order chi connectivity index (χ0) is 20.5. The van der Waals surface area contributed by atoms with Gasteiger partial charge in [-0.15, -0.1) is 0 Å². The zero-order valence-electron chi connectivity index (χ0n) is 17.6. The molecular weight excluding hydrogens is 374 g/mol. The third kappa shape index (κ3) is 3.64. The van der Waals surface area contributed by atoms with Crippen molar-refractivity contribution >= 4 is 22.4 Å². The van der Waals surface area contributed by atoms with Crippen LogP contribution in [0.1, 0.15) is 18.9 Å². The van der Waals surface area contributed by atoms with E-state index in [1.165, 1.54) is 17.5 Å². The Bertz CT molecular complexity index is 1020. The lowest BCUT2D eigenvalue weighted by atomic mass is 9.86. The summed E-state index contributed by atoms with van der Waals surface area (Å²) in [5, 5.41) is 12.9. The maximum atomic E-state index is 9.39. The Morgan fingerprint density at radius 2 is 2.20 bits per heavy atom. The largest absolute Gasteiger partial charge is 0.378 e. The molecular formula is C24H29N5O. The fourth-order valence-corrected chi connectivity index (χ4v) is 4.80. The number of anilines is 1. The second kappa shape index (κ2) is 8.25. The molecule has 156 valence electrons. The van der Waals surface area contributed by atoms with Crippen LogP contribution >= 0.6 is 0 Å². The van der Waals surface area contributed by atoms with Crippen molar-refractivity contribution in [2.45, 2.75) is 19.9 Å². The molecule has 2 unspecified atom stereocenters. The van der Waals surface area contributed by atoms with Crippen LogP contribution in [0.5, 0.6) is 0 Å². The van der Waals surface area contributed by atoms with Gasteiger partial charge < -0.3 is 19.5 Å². The topological polar surface area (TPSA) is 66.1 Å². The van der Waals surface area contributed by atoms with Gasteiger partial charge in [-0.1, -0.05) is 25.2 Å². The lowest BCUT2D eigenvalue weighted by Crippen LogP contribution is -2.37. The van der Waals surface area contributed by atoms with Gasteiger partial charge in [0.15, 0.2) is 0 Å². The Labute approximate surface area is 177 Å². The Morgan fingerprint density at radius 1 is 1.33 bits per heavy atom. The van der Waals surface area contributed by atoms with Crippen molar-refractivity contribution in [2.24, 2.45) is 17.8 Å². The van der Waals surface area contributed by atoms with Gasteiger partial charge in [-0.05, 0) is 49.1 Å². The number of pyridine rings is 1. The molecule has 2 aromatic rings. The summed E-state index contributed by atoms with van der Waals surface area (Å²) in [5.74, 6) is 1.84. The molecule has 1 N–H and O–H groups in total. The average Bonchev–Trinajstić information content (AvgIpc) is 3.44. The Balaban J connectivity index is 1.58. The highest BCUT2D eigenvalue weighted by Crippen LogP contribution is 2.35. The molecule has 0 spiro atoms. The molecule has 2 fully saturated rings. The van der Waals surface area contributed by atoms with Gasteiger partial charge in [0.05, 0.1) is 36.2 Å². The van der Waals surface area contributed by atoms with Crippen LogP contribution in [0.25, 0.3) is 16.6 Å². The third-order valence-corrected chi connectivity index (χ3v) is 6.61. The molecule has 0 saturated carbocycles. The first-order chi connectivity index (χ1) is 14.7. The highest BCUT2D eigenvalue weighted by atomic mass is 16.5. The van der Waals surface area contributed by atoms with Crippen LogP contribution in [0, 0.1) is 29.1 Å². The van der Waals surface area contributed by atoms with Crippen LogP contribution in [0.4, 0.5) is 5.82 Å². The van der Waals surface area contributed by atoms with E-state index in [2.05, 4.69) is 58.3 Å². The normalized spacial score (nSPS) is 26.7. The lowest BCUT2D eigenvalue weighted by molar-refractivity contribution is 0.122. The highest BCUT2D eigenvalue weighted by molar-refractivity contribution is 5.89. The molecule has 0 aromatic carbocycles. The van der Waals surface area contributed by atoms with Crippen molar-refractivity contribution in [1.29, 1.82) is 5.26 Å². The Hall–Kier alpha value is -2.62. The van der Waals surface area contributed by atoms with Gasteiger partial charge >= 0.3 is 0 Å². The van der Waals surface area contributed by atoms with Crippen LogP contribution in [0.15, 0.2) is 36.6 Å². The van der Waals surface area contributed by atoms with Crippen molar-refractivity contribution in [3.63, 3.8) is 0 Å². The maximum absolute atomic E-state index is 9.39. The second-order valence-corrected chi connectivity index (χ2v) is 8.69. The minimum atomic E-state index is -0.0593. The van der Waals surface area contributed by atoms with Gasteiger partial charge in [0.2, 0.25) is 0 Å². The van der Waals surface area contributed by atoms with Crippen molar-refractivity contribution in [3.8, 4) is 6.07 Å². The fraction of sp³-hybridized carbons (Fsp3) is 0.500. The van der Waals surface area contributed by atoms with Crippen LogP contribution < -0.4 is 10.2 Å². The fourth-order valence-electron chi connectivity index (χ4n) is 4.80. The number of hydrogen-bond acceptors (Lipinski definition) is 5. The molecule has 2 aliphatic heterocycles. The van der Waals surface area contributed by atoms with Crippen molar-refractivity contribution < 1.29 is 4.74 Å². The van der Waals surface area contributed by atoms with Gasteiger partial charge in [0.1, 0.15) is 5.82 Å². The van der Waals surface area contributed by atoms with Gasteiger partial charge in [-0.25, -0.2) is 4.98 Å². The average molecular weight is 404 g/mol. The first-order valence-electron chi connectivity index (χ1n) is 11.1.